The number of rotatable bonds is 3. The van der Waals surface area contributed by atoms with E-state index in [0.29, 0.717) is 12.8 Å². The number of halogens is 1. The molecule has 0 N–H and O–H groups in total. The van der Waals surface area contributed by atoms with Crippen molar-refractivity contribution in [2.24, 2.45) is 0 Å². The maximum absolute atomic E-state index is 11.5. The molecule has 0 aromatic carbocycles. The maximum Gasteiger partial charge on any atom is 0.236 e. The van der Waals surface area contributed by atoms with E-state index in [4.69, 9.17) is 11.6 Å². The van der Waals surface area contributed by atoms with Crippen LogP contribution < -0.4 is 0 Å². The van der Waals surface area contributed by atoms with Crippen molar-refractivity contribution in [1.82, 2.24) is 0 Å². The lowest BCUT2D eigenvalue weighted by Crippen LogP contribution is -2.28. The van der Waals surface area contributed by atoms with Gasteiger partial charge in [0.25, 0.3) is 0 Å². The lowest BCUT2D eigenvalue weighted by atomic mass is 10.0. The van der Waals surface area contributed by atoms with Gasteiger partial charge in [-0.15, -0.1) is 0 Å². The Labute approximate surface area is 83.4 Å². The molecule has 1 aliphatic carbocycles. The maximum atomic E-state index is 11.5. The van der Waals surface area contributed by atoms with Gasteiger partial charge in [-0.3, -0.25) is 4.79 Å². The van der Waals surface area contributed by atoms with Crippen LogP contribution in [0.3, 0.4) is 0 Å². The molecule has 0 saturated heterocycles. The molecule has 0 amide bonds. The molecule has 0 heterocycles. The van der Waals surface area contributed by atoms with Crippen molar-refractivity contribution in [1.29, 1.82) is 0 Å². The fourth-order valence-electron chi connectivity index (χ4n) is 1.70. The van der Waals surface area contributed by atoms with E-state index in [1.54, 1.807) is 0 Å². The molecule has 13 heavy (non-hydrogen) atoms. The lowest BCUT2D eigenvalue weighted by Gasteiger charge is -2.20. The number of sulfone groups is 1. The van der Waals surface area contributed by atoms with Crippen molar-refractivity contribution in [3.63, 3.8) is 0 Å². The van der Waals surface area contributed by atoms with Gasteiger partial charge in [0.1, 0.15) is 5.75 Å². The molecule has 1 fully saturated rings. The van der Waals surface area contributed by atoms with Gasteiger partial charge >= 0.3 is 0 Å². The van der Waals surface area contributed by atoms with E-state index in [9.17, 15) is 13.2 Å². The summed E-state index contributed by atoms with van der Waals surface area (Å²) in [5.41, 5.74) is 0. The van der Waals surface area contributed by atoms with E-state index in [0.717, 1.165) is 19.3 Å². The summed E-state index contributed by atoms with van der Waals surface area (Å²) in [6, 6.07) is 0. The molecule has 0 aromatic heterocycles. The number of hydrogen-bond donors (Lipinski definition) is 0. The number of carbonyl (C=O) groups excluding carboxylic acids is 1. The first kappa shape index (κ1) is 11.0. The first-order valence-electron chi connectivity index (χ1n) is 4.42. The van der Waals surface area contributed by atoms with Gasteiger partial charge in [0.15, 0.2) is 9.84 Å². The number of hydrogen-bond acceptors (Lipinski definition) is 3. The zero-order valence-corrected chi connectivity index (χ0v) is 8.90. The Bertz CT molecular complexity index is 278. The van der Waals surface area contributed by atoms with E-state index < -0.39 is 20.8 Å². The highest BCUT2D eigenvalue weighted by Gasteiger charge is 2.28. The van der Waals surface area contributed by atoms with E-state index in [-0.39, 0.29) is 5.25 Å². The fourth-order valence-corrected chi connectivity index (χ4v) is 3.76. The van der Waals surface area contributed by atoms with Crippen molar-refractivity contribution < 1.29 is 13.2 Å². The molecule has 1 aliphatic rings. The second-order valence-corrected chi connectivity index (χ2v) is 6.12. The zero-order chi connectivity index (χ0) is 9.90. The minimum absolute atomic E-state index is 0.330. The van der Waals surface area contributed by atoms with Gasteiger partial charge in [0.2, 0.25) is 5.24 Å². The minimum atomic E-state index is -3.26. The quantitative estimate of drug-likeness (QED) is 0.683. The topological polar surface area (TPSA) is 51.2 Å². The summed E-state index contributed by atoms with van der Waals surface area (Å²) in [5.74, 6) is -0.501. The van der Waals surface area contributed by atoms with Crippen molar-refractivity contribution in [3.8, 4) is 0 Å². The molecule has 0 spiro atoms. The Hall–Kier alpha value is -0.0900. The summed E-state index contributed by atoms with van der Waals surface area (Å²) in [6.45, 7) is 0. The Morgan fingerprint density at radius 3 is 2.23 bits per heavy atom. The van der Waals surface area contributed by atoms with Crippen LogP contribution in [0.4, 0.5) is 0 Å². The fraction of sp³-hybridized carbons (Fsp3) is 0.875. The standard InChI is InChI=1S/C8H13ClO3S/c9-8(10)6-13(11,12)7-4-2-1-3-5-7/h7H,1-6H2. The van der Waals surface area contributed by atoms with Gasteiger partial charge in [-0.2, -0.15) is 0 Å². The largest absolute Gasteiger partial charge is 0.280 e. The van der Waals surface area contributed by atoms with E-state index >= 15 is 0 Å². The van der Waals surface area contributed by atoms with Gasteiger partial charge in [-0.1, -0.05) is 19.3 Å². The Balaban J connectivity index is 2.62. The molecule has 0 atom stereocenters. The molecule has 76 valence electrons. The van der Waals surface area contributed by atoms with Crippen LogP contribution in [0.15, 0.2) is 0 Å². The highest BCUT2D eigenvalue weighted by molar-refractivity contribution is 7.92. The van der Waals surface area contributed by atoms with E-state index in [1.807, 2.05) is 0 Å². The predicted molar refractivity (Wildman–Crippen MR) is 51.5 cm³/mol. The van der Waals surface area contributed by atoms with Gasteiger partial charge < -0.3 is 0 Å². The summed E-state index contributed by atoms with van der Waals surface area (Å²) >= 11 is 5.06. The van der Waals surface area contributed by atoms with Crippen molar-refractivity contribution >= 4 is 26.7 Å². The first-order chi connectivity index (χ1) is 6.02. The average Bonchev–Trinajstić information content (AvgIpc) is 2.04. The second-order valence-electron chi connectivity index (χ2n) is 3.42. The van der Waals surface area contributed by atoms with Crippen LogP contribution in [0, 0.1) is 0 Å². The zero-order valence-electron chi connectivity index (χ0n) is 7.33. The van der Waals surface area contributed by atoms with Crippen LogP contribution in [0.2, 0.25) is 0 Å². The molecule has 5 heteroatoms. The average molecular weight is 225 g/mol. The minimum Gasteiger partial charge on any atom is -0.280 e. The van der Waals surface area contributed by atoms with Crippen LogP contribution in [-0.2, 0) is 14.6 Å². The normalized spacial score (nSPS) is 20.1. The van der Waals surface area contributed by atoms with Crippen LogP contribution >= 0.6 is 11.6 Å². The SMILES string of the molecule is O=C(Cl)CS(=O)(=O)C1CCCCC1. The first-order valence-corrected chi connectivity index (χ1v) is 6.51. The number of carbonyl (C=O) groups is 1. The van der Waals surface area contributed by atoms with Crippen molar-refractivity contribution in [3.05, 3.63) is 0 Å². The summed E-state index contributed by atoms with van der Waals surface area (Å²) < 4.78 is 23.0. The van der Waals surface area contributed by atoms with Crippen molar-refractivity contribution in [2.45, 2.75) is 37.4 Å². The summed E-state index contributed by atoms with van der Waals surface area (Å²) in [5, 5.41) is -1.10. The molecule has 0 aliphatic heterocycles. The predicted octanol–water partition coefficient (Wildman–Crippen LogP) is 1.50. The molecular weight excluding hydrogens is 212 g/mol. The Morgan fingerprint density at radius 2 is 1.77 bits per heavy atom. The third kappa shape index (κ3) is 3.27. The summed E-state index contributed by atoms with van der Waals surface area (Å²) in [6.07, 6.45) is 4.36. The lowest BCUT2D eigenvalue weighted by molar-refractivity contribution is -0.109. The molecular formula is C8H13ClO3S. The third-order valence-corrected chi connectivity index (χ3v) is 4.82. The van der Waals surface area contributed by atoms with Gasteiger partial charge in [0.05, 0.1) is 5.25 Å². The molecule has 3 nitrogen and oxygen atoms in total. The molecule has 0 radical (unpaired) electrons. The van der Waals surface area contributed by atoms with Crippen LogP contribution in [0.25, 0.3) is 0 Å². The van der Waals surface area contributed by atoms with Gasteiger partial charge in [-0.25, -0.2) is 8.42 Å². The Kier molecular flexibility index (Phi) is 3.74. The monoisotopic (exact) mass is 224 g/mol. The van der Waals surface area contributed by atoms with Crippen molar-refractivity contribution in [2.75, 3.05) is 5.75 Å². The summed E-state index contributed by atoms with van der Waals surface area (Å²) in [4.78, 5) is 10.5. The molecule has 1 saturated carbocycles. The van der Waals surface area contributed by atoms with E-state index in [1.165, 1.54) is 0 Å². The van der Waals surface area contributed by atoms with Gasteiger partial charge in [0, 0.05) is 0 Å². The summed E-state index contributed by atoms with van der Waals surface area (Å²) in [7, 11) is -3.26. The molecule has 0 aromatic rings. The molecule has 0 unspecified atom stereocenters. The van der Waals surface area contributed by atoms with Crippen LogP contribution in [-0.4, -0.2) is 24.7 Å². The van der Waals surface area contributed by atoms with Crippen LogP contribution in [0.5, 0.6) is 0 Å². The highest BCUT2D eigenvalue weighted by atomic mass is 35.5. The molecule has 0 bridgehead atoms. The highest BCUT2D eigenvalue weighted by Crippen LogP contribution is 2.24. The smallest absolute Gasteiger partial charge is 0.236 e. The molecule has 1 rings (SSSR count). The van der Waals surface area contributed by atoms with Gasteiger partial charge in [-0.05, 0) is 24.4 Å². The second kappa shape index (κ2) is 4.42. The van der Waals surface area contributed by atoms with E-state index in [2.05, 4.69) is 0 Å². The van der Waals surface area contributed by atoms with Crippen LogP contribution in [0.1, 0.15) is 32.1 Å². The third-order valence-electron chi connectivity index (χ3n) is 2.37. The Morgan fingerprint density at radius 1 is 1.23 bits per heavy atom.